The Labute approximate surface area is 113 Å². The highest BCUT2D eigenvalue weighted by Crippen LogP contribution is 2.27. The molecule has 3 rings (SSSR count). The second kappa shape index (κ2) is 5.34. The highest BCUT2D eigenvalue weighted by atomic mass is 15.2. The van der Waals surface area contributed by atoms with Crippen molar-refractivity contribution in [3.63, 3.8) is 0 Å². The third-order valence-electron chi connectivity index (χ3n) is 3.70. The second-order valence-corrected chi connectivity index (χ2v) is 5.00. The molecule has 2 aromatic rings. The van der Waals surface area contributed by atoms with Gasteiger partial charge in [0.2, 0.25) is 0 Å². The number of likely N-dealkylation sites (N-methyl/N-ethyl adjacent to an activating group) is 1. The number of anilines is 1. The maximum absolute atomic E-state index is 4.47. The number of aryl methyl sites for hydroxylation is 1. The molecule has 0 bridgehead atoms. The molecule has 4 nitrogen and oxygen atoms in total. The Morgan fingerprint density at radius 3 is 2.84 bits per heavy atom. The number of hydrogen-bond donors (Lipinski definition) is 0. The molecule has 0 saturated heterocycles. The monoisotopic (exact) mass is 254 g/mol. The van der Waals surface area contributed by atoms with Gasteiger partial charge < -0.3 is 4.90 Å². The first-order valence-corrected chi connectivity index (χ1v) is 6.77. The van der Waals surface area contributed by atoms with Crippen molar-refractivity contribution in [3.05, 3.63) is 47.7 Å². The van der Waals surface area contributed by atoms with Crippen molar-refractivity contribution >= 4 is 5.82 Å². The minimum Gasteiger partial charge on any atom is -0.359 e. The molecule has 0 aliphatic heterocycles. The summed E-state index contributed by atoms with van der Waals surface area (Å²) in [6.07, 6.45) is 9.82. The summed E-state index contributed by atoms with van der Waals surface area (Å²) in [6.45, 7) is 0.966. The zero-order valence-electron chi connectivity index (χ0n) is 11.2. The highest BCUT2D eigenvalue weighted by molar-refractivity contribution is 5.49. The Morgan fingerprint density at radius 1 is 1.16 bits per heavy atom. The SMILES string of the molecule is CN(CCc1ccncc1)c1ncnc2c1CCC2. The molecule has 1 aliphatic carbocycles. The van der Waals surface area contributed by atoms with Crippen LogP contribution in [0.25, 0.3) is 0 Å². The molecule has 2 heterocycles. The van der Waals surface area contributed by atoms with Gasteiger partial charge in [0.05, 0.1) is 0 Å². The zero-order valence-corrected chi connectivity index (χ0v) is 11.2. The molecule has 0 spiro atoms. The van der Waals surface area contributed by atoms with E-state index in [1.54, 1.807) is 6.33 Å². The maximum atomic E-state index is 4.47. The summed E-state index contributed by atoms with van der Waals surface area (Å²) in [5, 5.41) is 0. The Hall–Kier alpha value is -1.97. The van der Waals surface area contributed by atoms with Gasteiger partial charge in [-0.3, -0.25) is 4.98 Å². The van der Waals surface area contributed by atoms with Crippen molar-refractivity contribution in [2.24, 2.45) is 0 Å². The van der Waals surface area contributed by atoms with Gasteiger partial charge in [-0.1, -0.05) is 0 Å². The molecule has 0 N–H and O–H groups in total. The van der Waals surface area contributed by atoms with Crippen LogP contribution in [0.1, 0.15) is 23.2 Å². The van der Waals surface area contributed by atoms with E-state index in [0.717, 1.165) is 31.6 Å². The van der Waals surface area contributed by atoms with E-state index in [4.69, 9.17) is 0 Å². The lowest BCUT2D eigenvalue weighted by Crippen LogP contribution is -2.23. The van der Waals surface area contributed by atoms with Crippen molar-refractivity contribution in [1.29, 1.82) is 0 Å². The predicted molar refractivity (Wildman–Crippen MR) is 75.3 cm³/mol. The van der Waals surface area contributed by atoms with Gasteiger partial charge in [0.1, 0.15) is 12.1 Å². The van der Waals surface area contributed by atoms with E-state index in [9.17, 15) is 0 Å². The Balaban J connectivity index is 1.71. The average Bonchev–Trinajstić information content (AvgIpc) is 2.94. The first kappa shape index (κ1) is 12.1. The van der Waals surface area contributed by atoms with Gasteiger partial charge in [-0.15, -0.1) is 0 Å². The average molecular weight is 254 g/mol. The largest absolute Gasteiger partial charge is 0.359 e. The van der Waals surface area contributed by atoms with Crippen LogP contribution >= 0.6 is 0 Å². The summed E-state index contributed by atoms with van der Waals surface area (Å²) in [4.78, 5) is 15.1. The summed E-state index contributed by atoms with van der Waals surface area (Å²) in [5.41, 5.74) is 3.90. The molecule has 0 unspecified atom stereocenters. The lowest BCUT2D eigenvalue weighted by atomic mass is 10.2. The molecule has 0 fully saturated rings. The van der Waals surface area contributed by atoms with Crippen LogP contribution in [-0.2, 0) is 19.3 Å². The normalized spacial score (nSPS) is 13.3. The van der Waals surface area contributed by atoms with Crippen LogP contribution in [0.3, 0.4) is 0 Å². The van der Waals surface area contributed by atoms with Crippen LogP contribution in [0.15, 0.2) is 30.9 Å². The van der Waals surface area contributed by atoms with Gasteiger partial charge in [-0.2, -0.15) is 0 Å². The fourth-order valence-corrected chi connectivity index (χ4v) is 2.62. The van der Waals surface area contributed by atoms with Crippen molar-refractivity contribution in [2.75, 3.05) is 18.5 Å². The van der Waals surface area contributed by atoms with E-state index in [-0.39, 0.29) is 0 Å². The standard InChI is InChI=1S/C15H18N4/c1-19(10-7-12-5-8-16-9-6-12)15-13-3-2-4-14(13)17-11-18-15/h5-6,8-9,11H,2-4,7,10H2,1H3. The van der Waals surface area contributed by atoms with E-state index in [0.29, 0.717) is 0 Å². The number of rotatable bonds is 4. The molecular weight excluding hydrogens is 236 g/mol. The van der Waals surface area contributed by atoms with Gasteiger partial charge >= 0.3 is 0 Å². The molecule has 0 radical (unpaired) electrons. The van der Waals surface area contributed by atoms with Crippen LogP contribution in [0.4, 0.5) is 5.82 Å². The van der Waals surface area contributed by atoms with Gasteiger partial charge in [0, 0.05) is 37.2 Å². The maximum Gasteiger partial charge on any atom is 0.135 e. The van der Waals surface area contributed by atoms with Crippen LogP contribution in [0, 0.1) is 0 Å². The highest BCUT2D eigenvalue weighted by Gasteiger charge is 2.18. The minimum atomic E-state index is 0.966. The molecule has 0 amide bonds. The molecule has 1 aliphatic rings. The predicted octanol–water partition coefficient (Wildman–Crippen LogP) is 2.04. The van der Waals surface area contributed by atoms with E-state index in [2.05, 4.69) is 39.0 Å². The van der Waals surface area contributed by atoms with E-state index < -0.39 is 0 Å². The molecular formula is C15H18N4. The van der Waals surface area contributed by atoms with Crippen LogP contribution in [-0.4, -0.2) is 28.5 Å². The number of hydrogen-bond acceptors (Lipinski definition) is 4. The molecule has 98 valence electrons. The van der Waals surface area contributed by atoms with Crippen molar-refractivity contribution < 1.29 is 0 Å². The van der Waals surface area contributed by atoms with Gasteiger partial charge in [0.25, 0.3) is 0 Å². The third-order valence-corrected chi connectivity index (χ3v) is 3.70. The molecule has 0 saturated carbocycles. The van der Waals surface area contributed by atoms with E-state index >= 15 is 0 Å². The number of fused-ring (bicyclic) bond motifs is 1. The van der Waals surface area contributed by atoms with Gasteiger partial charge in [0.15, 0.2) is 0 Å². The summed E-state index contributed by atoms with van der Waals surface area (Å²) in [6, 6.07) is 4.14. The molecule has 2 aromatic heterocycles. The van der Waals surface area contributed by atoms with Crippen LogP contribution in [0.5, 0.6) is 0 Å². The zero-order chi connectivity index (χ0) is 13.1. The molecule has 4 heteroatoms. The fourth-order valence-electron chi connectivity index (χ4n) is 2.62. The van der Waals surface area contributed by atoms with Crippen LogP contribution in [0.2, 0.25) is 0 Å². The lowest BCUT2D eigenvalue weighted by Gasteiger charge is -2.20. The third kappa shape index (κ3) is 2.57. The summed E-state index contributed by atoms with van der Waals surface area (Å²) < 4.78 is 0. The molecule has 0 aromatic carbocycles. The second-order valence-electron chi connectivity index (χ2n) is 5.00. The smallest absolute Gasteiger partial charge is 0.135 e. The number of nitrogens with zero attached hydrogens (tertiary/aromatic N) is 4. The number of pyridine rings is 1. The van der Waals surface area contributed by atoms with Gasteiger partial charge in [-0.25, -0.2) is 9.97 Å². The lowest BCUT2D eigenvalue weighted by molar-refractivity contribution is 0.842. The summed E-state index contributed by atoms with van der Waals surface area (Å²) in [7, 11) is 2.11. The summed E-state index contributed by atoms with van der Waals surface area (Å²) >= 11 is 0. The van der Waals surface area contributed by atoms with Crippen molar-refractivity contribution in [2.45, 2.75) is 25.7 Å². The first-order chi connectivity index (χ1) is 9.34. The fraction of sp³-hybridized carbons (Fsp3) is 0.400. The Morgan fingerprint density at radius 2 is 2.00 bits per heavy atom. The molecule has 19 heavy (non-hydrogen) atoms. The van der Waals surface area contributed by atoms with E-state index in [1.807, 2.05) is 12.4 Å². The van der Waals surface area contributed by atoms with Crippen molar-refractivity contribution in [3.8, 4) is 0 Å². The van der Waals surface area contributed by atoms with Crippen LogP contribution < -0.4 is 4.90 Å². The number of aromatic nitrogens is 3. The minimum absolute atomic E-state index is 0.966. The van der Waals surface area contributed by atoms with E-state index in [1.165, 1.54) is 23.2 Å². The topological polar surface area (TPSA) is 41.9 Å². The summed E-state index contributed by atoms with van der Waals surface area (Å²) in [5.74, 6) is 1.11. The quantitative estimate of drug-likeness (QED) is 0.837. The Kier molecular flexibility index (Phi) is 3.40. The van der Waals surface area contributed by atoms with Gasteiger partial charge in [-0.05, 0) is 43.4 Å². The molecule has 0 atom stereocenters. The van der Waals surface area contributed by atoms with Crippen molar-refractivity contribution in [1.82, 2.24) is 15.0 Å². The Bertz CT molecular complexity index is 553. The first-order valence-electron chi connectivity index (χ1n) is 6.77.